The van der Waals surface area contributed by atoms with Crippen molar-refractivity contribution in [3.05, 3.63) is 95.7 Å². The number of H-pyrrole nitrogens is 1. The van der Waals surface area contributed by atoms with Crippen LogP contribution in [0.1, 0.15) is 21.6 Å². The maximum absolute atomic E-state index is 13.2. The van der Waals surface area contributed by atoms with Crippen molar-refractivity contribution in [2.45, 2.75) is 19.0 Å². The average molecular weight is 396 g/mol. The third-order valence-electron chi connectivity index (χ3n) is 5.79. The van der Waals surface area contributed by atoms with E-state index in [1.54, 1.807) is 12.1 Å². The molecule has 1 unspecified atom stereocenters. The number of carboxylic acids is 1. The molecule has 1 atom stereocenters. The number of nitrogens with zero attached hydrogens (tertiary/aromatic N) is 1. The van der Waals surface area contributed by atoms with E-state index in [9.17, 15) is 14.7 Å². The van der Waals surface area contributed by atoms with Crippen molar-refractivity contribution in [1.82, 2.24) is 9.88 Å². The first-order valence-corrected chi connectivity index (χ1v) is 9.89. The van der Waals surface area contributed by atoms with Crippen LogP contribution in [-0.4, -0.2) is 32.9 Å². The zero-order valence-electron chi connectivity index (χ0n) is 16.2. The summed E-state index contributed by atoms with van der Waals surface area (Å²) in [5.41, 5.74) is 5.43. The number of amides is 1. The fourth-order valence-electron chi connectivity index (χ4n) is 4.24. The van der Waals surface area contributed by atoms with Gasteiger partial charge in [0.05, 0.1) is 6.54 Å². The van der Waals surface area contributed by atoms with Gasteiger partial charge in [0, 0.05) is 28.6 Å². The Labute approximate surface area is 173 Å². The first kappa shape index (κ1) is 18.2. The zero-order valence-corrected chi connectivity index (χ0v) is 16.2. The summed E-state index contributed by atoms with van der Waals surface area (Å²) in [5.74, 6) is -1.26. The molecule has 0 aliphatic carbocycles. The second-order valence-electron chi connectivity index (χ2n) is 7.56. The van der Waals surface area contributed by atoms with Crippen LogP contribution in [0.4, 0.5) is 0 Å². The van der Waals surface area contributed by atoms with Crippen molar-refractivity contribution in [2.24, 2.45) is 0 Å². The van der Waals surface area contributed by atoms with E-state index >= 15 is 0 Å². The van der Waals surface area contributed by atoms with Gasteiger partial charge in [-0.05, 0) is 34.9 Å². The molecular weight excluding hydrogens is 376 g/mol. The second kappa shape index (κ2) is 7.19. The second-order valence-corrected chi connectivity index (χ2v) is 7.56. The average Bonchev–Trinajstić information content (AvgIpc) is 3.16. The third kappa shape index (κ3) is 3.05. The van der Waals surface area contributed by atoms with Gasteiger partial charge >= 0.3 is 5.97 Å². The smallest absolute Gasteiger partial charge is 0.326 e. The molecule has 1 aliphatic rings. The van der Waals surface area contributed by atoms with Gasteiger partial charge in [0.15, 0.2) is 0 Å². The van der Waals surface area contributed by atoms with E-state index in [1.165, 1.54) is 4.90 Å². The molecule has 2 N–H and O–H groups in total. The highest BCUT2D eigenvalue weighted by Crippen LogP contribution is 2.31. The largest absolute Gasteiger partial charge is 0.480 e. The number of carbonyl (C=O) groups excluding carboxylic acids is 1. The number of aromatic nitrogens is 1. The molecule has 1 amide bonds. The number of para-hydroxylation sites is 1. The van der Waals surface area contributed by atoms with Crippen LogP contribution in [0.25, 0.3) is 22.0 Å². The normalized spacial score (nSPS) is 15.7. The lowest BCUT2D eigenvalue weighted by molar-refractivity contribution is -0.142. The molecule has 2 heterocycles. The number of fused-ring (bicyclic) bond motifs is 3. The van der Waals surface area contributed by atoms with E-state index in [2.05, 4.69) is 4.98 Å². The molecule has 0 fully saturated rings. The van der Waals surface area contributed by atoms with Crippen LogP contribution in [0.2, 0.25) is 0 Å². The van der Waals surface area contributed by atoms with Gasteiger partial charge in [-0.25, -0.2) is 4.79 Å². The molecule has 4 aromatic rings. The van der Waals surface area contributed by atoms with Gasteiger partial charge in [0.2, 0.25) is 0 Å². The lowest BCUT2D eigenvalue weighted by atomic mass is 9.95. The maximum Gasteiger partial charge on any atom is 0.326 e. The summed E-state index contributed by atoms with van der Waals surface area (Å²) < 4.78 is 0. The maximum atomic E-state index is 13.2. The monoisotopic (exact) mass is 396 g/mol. The summed E-state index contributed by atoms with van der Waals surface area (Å²) in [5, 5.41) is 10.9. The Hall–Kier alpha value is -3.86. The minimum absolute atomic E-state index is 0.250. The van der Waals surface area contributed by atoms with Gasteiger partial charge in [-0.15, -0.1) is 0 Å². The Morgan fingerprint density at radius 3 is 2.27 bits per heavy atom. The molecule has 5 nitrogen and oxygen atoms in total. The number of hydrogen-bond donors (Lipinski definition) is 2. The highest BCUT2D eigenvalue weighted by atomic mass is 16.4. The Morgan fingerprint density at radius 1 is 0.867 bits per heavy atom. The first-order chi connectivity index (χ1) is 14.6. The Bertz CT molecular complexity index is 1240. The molecular formula is C25H20N2O3. The summed E-state index contributed by atoms with van der Waals surface area (Å²) in [6, 6.07) is 24.2. The van der Waals surface area contributed by atoms with Crippen LogP contribution < -0.4 is 0 Å². The number of benzene rings is 3. The van der Waals surface area contributed by atoms with Crippen LogP contribution in [-0.2, 0) is 17.8 Å². The standard InChI is InChI=1S/C25H20N2O3/c28-24(18-12-10-17(11-13-18)16-6-2-1-3-7-16)27-15-22-20(14-23(27)25(29)30)19-8-4-5-9-21(19)26-22/h1-13,23,26H,14-15H2,(H,29,30). The highest BCUT2D eigenvalue weighted by Gasteiger charge is 2.36. The van der Waals surface area contributed by atoms with E-state index in [4.69, 9.17) is 0 Å². The van der Waals surface area contributed by atoms with E-state index in [0.717, 1.165) is 33.3 Å². The molecule has 3 aromatic carbocycles. The van der Waals surface area contributed by atoms with Crippen LogP contribution in [0, 0.1) is 0 Å². The Morgan fingerprint density at radius 2 is 1.53 bits per heavy atom. The summed E-state index contributed by atoms with van der Waals surface area (Å²) >= 11 is 0. The number of carbonyl (C=O) groups is 2. The molecule has 0 spiro atoms. The fourth-order valence-corrected chi connectivity index (χ4v) is 4.24. The van der Waals surface area contributed by atoms with Crippen LogP contribution in [0.15, 0.2) is 78.9 Å². The quantitative estimate of drug-likeness (QED) is 0.536. The van der Waals surface area contributed by atoms with Crippen LogP contribution >= 0.6 is 0 Å². The molecule has 5 rings (SSSR count). The minimum atomic E-state index is -0.986. The van der Waals surface area contributed by atoms with Crippen molar-refractivity contribution in [3.63, 3.8) is 0 Å². The van der Waals surface area contributed by atoms with Crippen LogP contribution in [0.3, 0.4) is 0 Å². The number of aromatic amines is 1. The topological polar surface area (TPSA) is 73.4 Å². The van der Waals surface area contributed by atoms with Gasteiger partial charge in [0.1, 0.15) is 6.04 Å². The molecule has 0 saturated carbocycles. The van der Waals surface area contributed by atoms with E-state index in [0.29, 0.717) is 12.0 Å². The SMILES string of the molecule is O=C(O)C1Cc2c([nH]c3ccccc23)CN1C(=O)c1ccc(-c2ccccc2)cc1. The van der Waals surface area contributed by atoms with Gasteiger partial charge in [0.25, 0.3) is 5.91 Å². The molecule has 0 bridgehead atoms. The molecule has 1 aromatic heterocycles. The first-order valence-electron chi connectivity index (χ1n) is 9.89. The molecule has 5 heteroatoms. The van der Waals surface area contributed by atoms with Crippen molar-refractivity contribution < 1.29 is 14.7 Å². The third-order valence-corrected chi connectivity index (χ3v) is 5.79. The Balaban J connectivity index is 1.47. The van der Waals surface area contributed by atoms with Crippen LogP contribution in [0.5, 0.6) is 0 Å². The molecule has 148 valence electrons. The molecule has 0 saturated heterocycles. The predicted molar refractivity (Wildman–Crippen MR) is 115 cm³/mol. The van der Waals surface area contributed by atoms with E-state index in [-0.39, 0.29) is 12.5 Å². The minimum Gasteiger partial charge on any atom is -0.480 e. The van der Waals surface area contributed by atoms with Crippen molar-refractivity contribution in [1.29, 1.82) is 0 Å². The lowest BCUT2D eigenvalue weighted by Gasteiger charge is -2.33. The fraction of sp³-hybridized carbons (Fsp3) is 0.120. The van der Waals surface area contributed by atoms with Crippen molar-refractivity contribution >= 4 is 22.8 Å². The van der Waals surface area contributed by atoms with Gasteiger partial charge in [-0.1, -0.05) is 60.7 Å². The number of rotatable bonds is 3. The molecule has 0 radical (unpaired) electrons. The van der Waals surface area contributed by atoms with Gasteiger partial charge < -0.3 is 15.0 Å². The number of carboxylic acid groups (broad SMARTS) is 1. The predicted octanol–water partition coefficient (Wildman–Crippen LogP) is 4.49. The highest BCUT2D eigenvalue weighted by molar-refractivity contribution is 5.98. The summed E-state index contributed by atoms with van der Waals surface area (Å²) in [6.07, 6.45) is 0.294. The van der Waals surface area contributed by atoms with E-state index in [1.807, 2.05) is 66.7 Å². The number of nitrogens with one attached hydrogen (secondary N) is 1. The molecule has 30 heavy (non-hydrogen) atoms. The van der Waals surface area contributed by atoms with Crippen molar-refractivity contribution in [2.75, 3.05) is 0 Å². The number of hydrogen-bond acceptors (Lipinski definition) is 2. The summed E-state index contributed by atoms with van der Waals surface area (Å²) in [7, 11) is 0. The lowest BCUT2D eigenvalue weighted by Crippen LogP contribution is -2.48. The van der Waals surface area contributed by atoms with Gasteiger partial charge in [-0.3, -0.25) is 4.79 Å². The zero-order chi connectivity index (χ0) is 20.7. The molecule has 1 aliphatic heterocycles. The van der Waals surface area contributed by atoms with E-state index < -0.39 is 12.0 Å². The summed E-state index contributed by atoms with van der Waals surface area (Å²) in [4.78, 5) is 30.1. The summed E-state index contributed by atoms with van der Waals surface area (Å²) in [6.45, 7) is 0.250. The van der Waals surface area contributed by atoms with Crippen molar-refractivity contribution in [3.8, 4) is 11.1 Å². The Kier molecular flexibility index (Phi) is 4.36. The van der Waals surface area contributed by atoms with Gasteiger partial charge in [-0.2, -0.15) is 0 Å². The number of aliphatic carboxylic acids is 1.